The fourth-order valence-corrected chi connectivity index (χ4v) is 3.31. The van der Waals surface area contributed by atoms with E-state index in [1.165, 1.54) is 12.8 Å². The summed E-state index contributed by atoms with van der Waals surface area (Å²) < 4.78 is 28.7. The molecular weight excluding hydrogens is 250 g/mol. The molecule has 1 aliphatic heterocycles. The van der Waals surface area contributed by atoms with Crippen molar-refractivity contribution in [3.8, 4) is 5.75 Å². The first-order valence-corrected chi connectivity index (χ1v) is 6.68. The van der Waals surface area contributed by atoms with Crippen molar-refractivity contribution in [2.24, 2.45) is 11.3 Å². The highest BCUT2D eigenvalue weighted by Gasteiger charge is 2.47. The molecule has 2 heterocycles. The van der Waals surface area contributed by atoms with Gasteiger partial charge in [0.15, 0.2) is 0 Å². The molecule has 3 rings (SSSR count). The molecule has 1 aliphatic carbocycles. The van der Waals surface area contributed by atoms with Gasteiger partial charge in [-0.1, -0.05) is 0 Å². The second-order valence-corrected chi connectivity index (χ2v) is 5.85. The fourth-order valence-electron chi connectivity index (χ4n) is 3.31. The van der Waals surface area contributed by atoms with E-state index in [0.29, 0.717) is 17.0 Å². The zero-order valence-corrected chi connectivity index (χ0v) is 11.0. The number of nitrogens with zero attached hydrogens (tertiary/aromatic N) is 1. The van der Waals surface area contributed by atoms with Crippen molar-refractivity contribution in [2.75, 3.05) is 13.1 Å². The predicted molar refractivity (Wildman–Crippen MR) is 67.3 cm³/mol. The third kappa shape index (κ3) is 2.56. The van der Waals surface area contributed by atoms with Gasteiger partial charge in [0.25, 0.3) is 0 Å². The highest BCUT2D eigenvalue weighted by Crippen LogP contribution is 2.49. The second-order valence-electron chi connectivity index (χ2n) is 5.85. The summed E-state index contributed by atoms with van der Waals surface area (Å²) in [4.78, 5) is 4.37. The molecule has 19 heavy (non-hydrogen) atoms. The van der Waals surface area contributed by atoms with Crippen LogP contribution in [0.4, 0.5) is 8.78 Å². The van der Waals surface area contributed by atoms with Gasteiger partial charge in [0, 0.05) is 18.8 Å². The van der Waals surface area contributed by atoms with Gasteiger partial charge in [-0.2, -0.15) is 8.78 Å². The minimum atomic E-state index is -2.79. The Labute approximate surface area is 111 Å². The summed E-state index contributed by atoms with van der Waals surface area (Å²) in [6.07, 6.45) is 3.46. The van der Waals surface area contributed by atoms with Crippen LogP contribution in [0, 0.1) is 18.3 Å². The average Bonchev–Trinajstić information content (AvgIpc) is 2.23. The molecule has 0 bridgehead atoms. The molecule has 3 nitrogen and oxygen atoms in total. The van der Waals surface area contributed by atoms with Crippen molar-refractivity contribution in [3.05, 3.63) is 23.5 Å². The number of aryl methyl sites for hydroxylation is 1. The van der Waals surface area contributed by atoms with Crippen LogP contribution < -0.4 is 10.1 Å². The van der Waals surface area contributed by atoms with Crippen LogP contribution in [0.25, 0.3) is 0 Å². The normalized spacial score (nSPS) is 21.3. The standard InChI is InChI=1S/C14H18F2N2O/c1-9-12(19-13(15)16)3-2-11(18-9)4-10-5-14(6-10)7-17-8-14/h2-3,10,13,17H,4-8H2,1H3. The maximum atomic E-state index is 12.1. The van der Waals surface area contributed by atoms with Gasteiger partial charge >= 0.3 is 6.61 Å². The van der Waals surface area contributed by atoms with Crippen molar-refractivity contribution in [1.82, 2.24) is 10.3 Å². The van der Waals surface area contributed by atoms with E-state index in [-0.39, 0.29) is 5.75 Å². The largest absolute Gasteiger partial charge is 0.433 e. The highest BCUT2D eigenvalue weighted by molar-refractivity contribution is 5.28. The quantitative estimate of drug-likeness (QED) is 0.911. The number of halogens is 2. The molecule has 1 saturated heterocycles. The van der Waals surface area contributed by atoms with Crippen LogP contribution in [-0.2, 0) is 6.42 Å². The molecule has 104 valence electrons. The maximum Gasteiger partial charge on any atom is 0.387 e. The van der Waals surface area contributed by atoms with Gasteiger partial charge in [0.05, 0.1) is 5.69 Å². The van der Waals surface area contributed by atoms with Crippen LogP contribution in [0.1, 0.15) is 24.2 Å². The van der Waals surface area contributed by atoms with Gasteiger partial charge in [-0.05, 0) is 49.7 Å². The Balaban J connectivity index is 1.58. The molecule has 1 aromatic rings. The van der Waals surface area contributed by atoms with Gasteiger partial charge < -0.3 is 10.1 Å². The van der Waals surface area contributed by atoms with Crippen LogP contribution in [0.3, 0.4) is 0 Å². The molecule has 0 unspecified atom stereocenters. The lowest BCUT2D eigenvalue weighted by Gasteiger charge is -2.54. The number of rotatable bonds is 4. The van der Waals surface area contributed by atoms with E-state index in [9.17, 15) is 8.78 Å². The molecule has 1 spiro atoms. The number of pyridine rings is 1. The molecule has 0 radical (unpaired) electrons. The SMILES string of the molecule is Cc1nc(CC2CC3(CNC3)C2)ccc1OC(F)F. The molecule has 1 aromatic heterocycles. The van der Waals surface area contributed by atoms with E-state index in [1.54, 1.807) is 19.1 Å². The van der Waals surface area contributed by atoms with E-state index in [2.05, 4.69) is 15.0 Å². The van der Waals surface area contributed by atoms with Crippen molar-refractivity contribution < 1.29 is 13.5 Å². The average molecular weight is 268 g/mol. The Morgan fingerprint density at radius 2 is 2.16 bits per heavy atom. The van der Waals surface area contributed by atoms with Gasteiger partial charge in [0.1, 0.15) is 5.75 Å². The number of alkyl halides is 2. The lowest BCUT2D eigenvalue weighted by atomic mass is 9.57. The summed E-state index contributed by atoms with van der Waals surface area (Å²) in [7, 11) is 0. The van der Waals surface area contributed by atoms with Crippen LogP contribution in [0.15, 0.2) is 12.1 Å². The number of hydrogen-bond donors (Lipinski definition) is 1. The lowest BCUT2D eigenvalue weighted by Crippen LogP contribution is -2.60. The fraction of sp³-hybridized carbons (Fsp3) is 0.643. The van der Waals surface area contributed by atoms with E-state index in [4.69, 9.17) is 0 Å². The Morgan fingerprint density at radius 1 is 1.42 bits per heavy atom. The molecule has 0 atom stereocenters. The summed E-state index contributed by atoms with van der Waals surface area (Å²) in [6, 6.07) is 3.40. The number of hydrogen-bond acceptors (Lipinski definition) is 3. The summed E-state index contributed by atoms with van der Waals surface area (Å²) in [5.41, 5.74) is 2.08. The third-order valence-corrected chi connectivity index (χ3v) is 4.25. The van der Waals surface area contributed by atoms with Crippen molar-refractivity contribution in [2.45, 2.75) is 32.8 Å². The zero-order chi connectivity index (χ0) is 13.5. The second kappa shape index (κ2) is 4.71. The third-order valence-electron chi connectivity index (χ3n) is 4.25. The van der Waals surface area contributed by atoms with E-state index >= 15 is 0 Å². The van der Waals surface area contributed by atoms with Crippen molar-refractivity contribution >= 4 is 0 Å². The first kappa shape index (κ1) is 12.8. The first-order chi connectivity index (χ1) is 9.06. The van der Waals surface area contributed by atoms with Gasteiger partial charge in [0.2, 0.25) is 0 Å². The van der Waals surface area contributed by atoms with Crippen molar-refractivity contribution in [1.29, 1.82) is 0 Å². The number of nitrogens with one attached hydrogen (secondary N) is 1. The van der Waals surface area contributed by atoms with Crippen LogP contribution in [0.2, 0.25) is 0 Å². The lowest BCUT2D eigenvalue weighted by molar-refractivity contribution is -0.0506. The minimum Gasteiger partial charge on any atom is -0.433 e. The summed E-state index contributed by atoms with van der Waals surface area (Å²) >= 11 is 0. The monoisotopic (exact) mass is 268 g/mol. The van der Waals surface area contributed by atoms with Crippen LogP contribution in [-0.4, -0.2) is 24.7 Å². The first-order valence-electron chi connectivity index (χ1n) is 6.68. The van der Waals surface area contributed by atoms with Crippen LogP contribution in [0.5, 0.6) is 5.75 Å². The Kier molecular flexibility index (Phi) is 3.17. The summed E-state index contributed by atoms with van der Waals surface area (Å²) in [5, 5.41) is 3.32. The molecule has 2 aliphatic rings. The van der Waals surface area contributed by atoms with Gasteiger partial charge in [-0.3, -0.25) is 4.98 Å². The molecule has 0 amide bonds. The zero-order valence-electron chi connectivity index (χ0n) is 11.0. The van der Waals surface area contributed by atoms with E-state index in [1.807, 2.05) is 0 Å². The summed E-state index contributed by atoms with van der Waals surface area (Å²) in [5.74, 6) is 0.864. The van der Waals surface area contributed by atoms with E-state index < -0.39 is 6.61 Å². The van der Waals surface area contributed by atoms with Gasteiger partial charge in [-0.15, -0.1) is 0 Å². The Hall–Kier alpha value is -1.23. The highest BCUT2D eigenvalue weighted by atomic mass is 19.3. The van der Waals surface area contributed by atoms with Crippen molar-refractivity contribution in [3.63, 3.8) is 0 Å². The molecule has 0 aromatic carbocycles. The molecule has 2 fully saturated rings. The molecule has 5 heteroatoms. The molecule has 1 N–H and O–H groups in total. The Bertz CT molecular complexity index is 467. The molecule has 1 saturated carbocycles. The minimum absolute atomic E-state index is 0.173. The van der Waals surface area contributed by atoms with Crippen LogP contribution >= 0.6 is 0 Å². The van der Waals surface area contributed by atoms with Gasteiger partial charge in [-0.25, -0.2) is 0 Å². The number of ether oxygens (including phenoxy) is 1. The van der Waals surface area contributed by atoms with E-state index in [0.717, 1.165) is 25.2 Å². The predicted octanol–water partition coefficient (Wildman–Crippen LogP) is 2.53. The molecular formula is C14H18F2N2O. The summed E-state index contributed by atoms with van der Waals surface area (Å²) in [6.45, 7) is 1.22. The Morgan fingerprint density at radius 3 is 2.68 bits per heavy atom. The smallest absolute Gasteiger partial charge is 0.387 e. The number of aromatic nitrogens is 1. The topological polar surface area (TPSA) is 34.2 Å². The maximum absolute atomic E-state index is 12.1.